The van der Waals surface area contributed by atoms with E-state index < -0.39 is 0 Å². The number of nitrogens with two attached hydrogens (primary N) is 1. The summed E-state index contributed by atoms with van der Waals surface area (Å²) in [4.78, 5) is 11.8. The van der Waals surface area contributed by atoms with Gasteiger partial charge < -0.3 is 16.4 Å². The molecule has 0 aromatic heterocycles. The Labute approximate surface area is 119 Å². The van der Waals surface area contributed by atoms with Crippen molar-refractivity contribution in [3.05, 3.63) is 59.7 Å². The lowest BCUT2D eigenvalue weighted by molar-refractivity contribution is -0.115. The highest BCUT2D eigenvalue weighted by Gasteiger charge is 2.03. The van der Waals surface area contributed by atoms with Gasteiger partial charge >= 0.3 is 0 Å². The summed E-state index contributed by atoms with van der Waals surface area (Å²) in [6.07, 6.45) is 0. The van der Waals surface area contributed by atoms with Crippen molar-refractivity contribution in [1.29, 1.82) is 0 Å². The second-order valence-corrected chi connectivity index (χ2v) is 4.72. The van der Waals surface area contributed by atoms with Crippen LogP contribution in [0.1, 0.15) is 11.1 Å². The molecular weight excluding hydrogens is 250 g/mol. The Balaban J connectivity index is 1.78. The molecule has 1 amide bonds. The molecule has 0 saturated carbocycles. The molecular formula is C16H19N3O. The minimum atomic E-state index is -0.0663. The van der Waals surface area contributed by atoms with Gasteiger partial charge in [0.15, 0.2) is 0 Å². The molecule has 104 valence electrons. The zero-order valence-corrected chi connectivity index (χ0v) is 11.5. The van der Waals surface area contributed by atoms with Crippen molar-refractivity contribution in [2.24, 2.45) is 0 Å². The van der Waals surface area contributed by atoms with E-state index in [1.807, 2.05) is 55.5 Å². The van der Waals surface area contributed by atoms with Crippen LogP contribution in [0.5, 0.6) is 0 Å². The van der Waals surface area contributed by atoms with Crippen LogP contribution in [0.3, 0.4) is 0 Å². The smallest absolute Gasteiger partial charge is 0.238 e. The maximum absolute atomic E-state index is 11.8. The van der Waals surface area contributed by atoms with Crippen molar-refractivity contribution in [3.8, 4) is 0 Å². The van der Waals surface area contributed by atoms with Gasteiger partial charge in [-0.2, -0.15) is 0 Å². The summed E-state index contributed by atoms with van der Waals surface area (Å²) >= 11 is 0. The number of para-hydroxylation sites is 1. The first-order valence-corrected chi connectivity index (χ1v) is 6.56. The third-order valence-electron chi connectivity index (χ3n) is 2.99. The van der Waals surface area contributed by atoms with Crippen LogP contribution in [0.4, 0.5) is 11.4 Å². The fraction of sp³-hybridized carbons (Fsp3) is 0.188. The largest absolute Gasteiger partial charge is 0.398 e. The molecule has 0 bridgehead atoms. The molecule has 0 radical (unpaired) electrons. The molecule has 4 N–H and O–H groups in total. The molecule has 0 aliphatic heterocycles. The van der Waals surface area contributed by atoms with E-state index in [-0.39, 0.29) is 12.5 Å². The minimum absolute atomic E-state index is 0.0663. The summed E-state index contributed by atoms with van der Waals surface area (Å²) in [6.45, 7) is 2.84. The highest BCUT2D eigenvalue weighted by Crippen LogP contribution is 2.10. The Kier molecular flexibility index (Phi) is 4.74. The van der Waals surface area contributed by atoms with Gasteiger partial charge in [0.1, 0.15) is 0 Å². The molecule has 4 heteroatoms. The average Bonchev–Trinajstić information content (AvgIpc) is 2.43. The second-order valence-electron chi connectivity index (χ2n) is 4.72. The molecule has 2 rings (SSSR count). The van der Waals surface area contributed by atoms with E-state index >= 15 is 0 Å². The SMILES string of the molecule is Cc1ccc(NC(=O)CNCc2ccccc2N)cc1. The first-order valence-electron chi connectivity index (χ1n) is 6.56. The number of rotatable bonds is 5. The molecule has 0 saturated heterocycles. The maximum Gasteiger partial charge on any atom is 0.238 e. The van der Waals surface area contributed by atoms with E-state index in [4.69, 9.17) is 5.73 Å². The lowest BCUT2D eigenvalue weighted by Gasteiger charge is -2.08. The highest BCUT2D eigenvalue weighted by molar-refractivity contribution is 5.92. The highest BCUT2D eigenvalue weighted by atomic mass is 16.1. The summed E-state index contributed by atoms with van der Waals surface area (Å²) in [5, 5.41) is 5.92. The summed E-state index contributed by atoms with van der Waals surface area (Å²) in [6, 6.07) is 15.3. The Morgan fingerprint density at radius 3 is 2.50 bits per heavy atom. The third-order valence-corrected chi connectivity index (χ3v) is 2.99. The van der Waals surface area contributed by atoms with E-state index in [0.717, 1.165) is 16.9 Å². The molecule has 0 fully saturated rings. The van der Waals surface area contributed by atoms with E-state index in [1.165, 1.54) is 5.56 Å². The standard InChI is InChI=1S/C16H19N3O/c1-12-6-8-14(9-7-12)19-16(20)11-18-10-13-4-2-3-5-15(13)17/h2-9,18H,10-11,17H2,1H3,(H,19,20). The van der Waals surface area contributed by atoms with Crippen LogP contribution in [0.15, 0.2) is 48.5 Å². The van der Waals surface area contributed by atoms with Crippen molar-refractivity contribution in [2.45, 2.75) is 13.5 Å². The second kappa shape index (κ2) is 6.73. The van der Waals surface area contributed by atoms with Crippen molar-refractivity contribution in [1.82, 2.24) is 5.32 Å². The number of aryl methyl sites for hydroxylation is 1. The zero-order chi connectivity index (χ0) is 14.4. The zero-order valence-electron chi connectivity index (χ0n) is 11.5. The Morgan fingerprint density at radius 2 is 1.80 bits per heavy atom. The number of carbonyl (C=O) groups is 1. The number of anilines is 2. The van der Waals surface area contributed by atoms with Gasteiger partial charge in [-0.05, 0) is 30.7 Å². The van der Waals surface area contributed by atoms with Gasteiger partial charge in [-0.25, -0.2) is 0 Å². The molecule has 0 aliphatic carbocycles. The van der Waals surface area contributed by atoms with Crippen LogP contribution in [0, 0.1) is 6.92 Å². The van der Waals surface area contributed by atoms with Crippen molar-refractivity contribution < 1.29 is 4.79 Å². The monoisotopic (exact) mass is 269 g/mol. The molecule has 20 heavy (non-hydrogen) atoms. The Hall–Kier alpha value is -2.33. The van der Waals surface area contributed by atoms with Gasteiger partial charge in [0.05, 0.1) is 6.54 Å². The van der Waals surface area contributed by atoms with Crippen LogP contribution in [-0.4, -0.2) is 12.5 Å². The number of amides is 1. The van der Waals surface area contributed by atoms with Crippen LogP contribution >= 0.6 is 0 Å². The van der Waals surface area contributed by atoms with Crippen molar-refractivity contribution in [2.75, 3.05) is 17.6 Å². The molecule has 4 nitrogen and oxygen atoms in total. The molecule has 0 spiro atoms. The van der Waals surface area contributed by atoms with E-state index in [9.17, 15) is 4.79 Å². The number of nitrogen functional groups attached to an aromatic ring is 1. The topological polar surface area (TPSA) is 67.2 Å². The van der Waals surface area contributed by atoms with E-state index in [2.05, 4.69) is 10.6 Å². The third kappa shape index (κ3) is 4.10. The predicted octanol–water partition coefficient (Wildman–Crippen LogP) is 2.31. The summed E-state index contributed by atoms with van der Waals surface area (Å²) < 4.78 is 0. The predicted molar refractivity (Wildman–Crippen MR) is 82.4 cm³/mol. The normalized spacial score (nSPS) is 10.2. The Morgan fingerprint density at radius 1 is 1.10 bits per heavy atom. The molecule has 2 aromatic carbocycles. The van der Waals surface area contributed by atoms with Crippen LogP contribution in [0.25, 0.3) is 0 Å². The number of hydrogen-bond acceptors (Lipinski definition) is 3. The van der Waals surface area contributed by atoms with Gasteiger partial charge in [0.2, 0.25) is 5.91 Å². The number of hydrogen-bond donors (Lipinski definition) is 3. The molecule has 2 aromatic rings. The fourth-order valence-corrected chi connectivity index (χ4v) is 1.85. The lowest BCUT2D eigenvalue weighted by atomic mass is 10.2. The van der Waals surface area contributed by atoms with Crippen LogP contribution < -0.4 is 16.4 Å². The quantitative estimate of drug-likeness (QED) is 0.730. The number of carbonyl (C=O) groups excluding carboxylic acids is 1. The molecule has 0 atom stereocenters. The number of benzene rings is 2. The molecule has 0 heterocycles. The fourth-order valence-electron chi connectivity index (χ4n) is 1.85. The lowest BCUT2D eigenvalue weighted by Crippen LogP contribution is -2.27. The van der Waals surface area contributed by atoms with Gasteiger partial charge in [0.25, 0.3) is 0 Å². The average molecular weight is 269 g/mol. The number of nitrogens with one attached hydrogen (secondary N) is 2. The van der Waals surface area contributed by atoms with Gasteiger partial charge in [-0.1, -0.05) is 35.9 Å². The van der Waals surface area contributed by atoms with Crippen LogP contribution in [0.2, 0.25) is 0 Å². The van der Waals surface area contributed by atoms with Crippen molar-refractivity contribution >= 4 is 17.3 Å². The van der Waals surface area contributed by atoms with E-state index in [1.54, 1.807) is 0 Å². The van der Waals surface area contributed by atoms with Crippen molar-refractivity contribution in [3.63, 3.8) is 0 Å². The summed E-state index contributed by atoms with van der Waals surface area (Å²) in [7, 11) is 0. The molecule has 0 aliphatic rings. The minimum Gasteiger partial charge on any atom is -0.398 e. The first kappa shape index (κ1) is 14.1. The first-order chi connectivity index (χ1) is 9.65. The van der Waals surface area contributed by atoms with E-state index in [0.29, 0.717) is 6.54 Å². The maximum atomic E-state index is 11.8. The van der Waals surface area contributed by atoms with Crippen LogP contribution in [-0.2, 0) is 11.3 Å². The molecule has 0 unspecified atom stereocenters. The summed E-state index contributed by atoms with van der Waals surface area (Å²) in [5.74, 6) is -0.0663. The Bertz CT molecular complexity index is 579. The van der Waals surface area contributed by atoms with Gasteiger partial charge in [-0.3, -0.25) is 4.79 Å². The summed E-state index contributed by atoms with van der Waals surface area (Å²) in [5.41, 5.74) is 9.54. The van der Waals surface area contributed by atoms with Gasteiger partial charge in [-0.15, -0.1) is 0 Å². The van der Waals surface area contributed by atoms with Gasteiger partial charge in [0, 0.05) is 17.9 Å².